The summed E-state index contributed by atoms with van der Waals surface area (Å²) < 4.78 is 81.2. The molecule has 5 nitrogen and oxygen atoms in total. The highest BCUT2D eigenvalue weighted by Crippen LogP contribution is 2.39. The fourth-order valence-corrected chi connectivity index (χ4v) is 5.10. The minimum Gasteiger partial charge on any atom is -0.351 e. The van der Waals surface area contributed by atoms with E-state index in [1.807, 2.05) is 0 Å². The molecule has 2 aliphatic rings. The van der Waals surface area contributed by atoms with Crippen LogP contribution in [-0.2, 0) is 25.3 Å². The van der Waals surface area contributed by atoms with Gasteiger partial charge in [-0.3, -0.25) is 4.79 Å². The molecule has 0 bridgehead atoms. The number of aryl methyl sites for hydroxylation is 1. The van der Waals surface area contributed by atoms with Gasteiger partial charge in [-0.05, 0) is 62.9 Å². The molecular formula is C25H30F6N4O. The number of alkyl halides is 6. The van der Waals surface area contributed by atoms with E-state index in [4.69, 9.17) is 0 Å². The summed E-state index contributed by atoms with van der Waals surface area (Å²) in [6.45, 7) is 4.84. The first kappa shape index (κ1) is 26.5. The summed E-state index contributed by atoms with van der Waals surface area (Å²) in [4.78, 5) is 19.4. The van der Waals surface area contributed by atoms with Crippen molar-refractivity contribution in [1.82, 2.24) is 19.8 Å². The number of aromatic nitrogens is 2. The topological polar surface area (TPSA) is 50.2 Å². The molecular weight excluding hydrogens is 486 g/mol. The average molecular weight is 517 g/mol. The molecule has 1 amide bonds. The van der Waals surface area contributed by atoms with Crippen molar-refractivity contribution >= 4 is 5.91 Å². The third-order valence-corrected chi connectivity index (χ3v) is 7.15. The van der Waals surface area contributed by atoms with Gasteiger partial charge < -0.3 is 14.8 Å². The number of hydrogen-bond donors (Lipinski definition) is 1. The van der Waals surface area contributed by atoms with E-state index in [-0.39, 0.29) is 29.8 Å². The van der Waals surface area contributed by atoms with Gasteiger partial charge in [0.2, 0.25) is 0 Å². The average Bonchev–Trinajstić information content (AvgIpc) is 3.25. The van der Waals surface area contributed by atoms with Gasteiger partial charge in [0, 0.05) is 44.2 Å². The fraction of sp³-hybridized carbons (Fsp3) is 0.600. The first-order valence-corrected chi connectivity index (χ1v) is 12.3. The Morgan fingerprint density at radius 1 is 1.06 bits per heavy atom. The highest BCUT2D eigenvalue weighted by Gasteiger charge is 2.38. The summed E-state index contributed by atoms with van der Waals surface area (Å²) in [7, 11) is 0. The third-order valence-electron chi connectivity index (χ3n) is 7.15. The molecule has 1 fully saturated rings. The Morgan fingerprint density at radius 2 is 1.75 bits per heavy atom. The van der Waals surface area contributed by atoms with Gasteiger partial charge in [0.1, 0.15) is 11.5 Å². The Morgan fingerprint density at radius 3 is 2.39 bits per heavy atom. The molecule has 0 saturated carbocycles. The molecule has 0 radical (unpaired) electrons. The largest absolute Gasteiger partial charge is 0.416 e. The van der Waals surface area contributed by atoms with Crippen molar-refractivity contribution in [2.75, 3.05) is 19.6 Å². The van der Waals surface area contributed by atoms with Gasteiger partial charge in [0.25, 0.3) is 5.91 Å². The van der Waals surface area contributed by atoms with Crippen molar-refractivity contribution in [3.8, 4) is 0 Å². The molecule has 4 rings (SSSR count). The van der Waals surface area contributed by atoms with Gasteiger partial charge in [-0.15, -0.1) is 0 Å². The SMILES string of the molecule is CC1CCCCN1CCCNC(=O)c1cn2c(n1)CCC(c1cc(C(F)(F)F)cc(C(F)(F)F)c1)C2. The Balaban J connectivity index is 1.40. The molecule has 1 aromatic carbocycles. The third kappa shape index (κ3) is 6.22. The Bertz CT molecular complexity index is 1050. The lowest BCUT2D eigenvalue weighted by Crippen LogP contribution is -2.39. The van der Waals surface area contributed by atoms with E-state index in [1.165, 1.54) is 25.5 Å². The summed E-state index contributed by atoms with van der Waals surface area (Å²) in [5.41, 5.74) is -2.45. The van der Waals surface area contributed by atoms with Gasteiger partial charge in [0.05, 0.1) is 11.1 Å². The predicted molar refractivity (Wildman–Crippen MR) is 122 cm³/mol. The van der Waals surface area contributed by atoms with Crippen molar-refractivity contribution in [2.24, 2.45) is 0 Å². The van der Waals surface area contributed by atoms with E-state index in [1.54, 1.807) is 4.57 Å². The minimum absolute atomic E-state index is 0.0190. The first-order valence-electron chi connectivity index (χ1n) is 12.3. The number of amides is 1. The number of likely N-dealkylation sites (tertiary alicyclic amines) is 1. The van der Waals surface area contributed by atoms with E-state index in [0.717, 1.165) is 31.6 Å². The number of halogens is 6. The molecule has 36 heavy (non-hydrogen) atoms. The Labute approximate surface area is 205 Å². The Kier molecular flexibility index (Phi) is 7.68. The molecule has 11 heteroatoms. The normalized spacial score (nSPS) is 21.3. The van der Waals surface area contributed by atoms with Crippen LogP contribution < -0.4 is 5.32 Å². The number of rotatable bonds is 6. The van der Waals surface area contributed by atoms with Crippen LogP contribution in [0.4, 0.5) is 26.3 Å². The van der Waals surface area contributed by atoms with Crippen molar-refractivity contribution in [1.29, 1.82) is 0 Å². The maximum absolute atomic E-state index is 13.3. The summed E-state index contributed by atoms with van der Waals surface area (Å²) >= 11 is 0. The van der Waals surface area contributed by atoms with Crippen LogP contribution >= 0.6 is 0 Å². The number of piperidine rings is 1. The smallest absolute Gasteiger partial charge is 0.351 e. The number of carbonyl (C=O) groups excluding carboxylic acids is 1. The fourth-order valence-electron chi connectivity index (χ4n) is 5.10. The second-order valence-corrected chi connectivity index (χ2v) is 9.76. The summed E-state index contributed by atoms with van der Waals surface area (Å²) in [6, 6.07) is 2.27. The minimum atomic E-state index is -4.89. The molecule has 0 aliphatic carbocycles. The maximum atomic E-state index is 13.3. The molecule has 1 aromatic heterocycles. The first-order chi connectivity index (χ1) is 16.9. The highest BCUT2D eigenvalue weighted by atomic mass is 19.4. The van der Waals surface area contributed by atoms with E-state index in [9.17, 15) is 31.1 Å². The summed E-state index contributed by atoms with van der Waals surface area (Å²) in [6.07, 6.45) is -3.12. The van der Waals surface area contributed by atoms with Gasteiger partial charge in [-0.2, -0.15) is 26.3 Å². The predicted octanol–water partition coefficient (Wildman–Crippen LogP) is 5.65. The second-order valence-electron chi connectivity index (χ2n) is 9.76. The van der Waals surface area contributed by atoms with Gasteiger partial charge in [-0.25, -0.2) is 4.98 Å². The highest BCUT2D eigenvalue weighted by molar-refractivity contribution is 5.92. The van der Waals surface area contributed by atoms with E-state index < -0.39 is 29.4 Å². The summed E-state index contributed by atoms with van der Waals surface area (Å²) in [5.74, 6) is -0.294. The number of carbonyl (C=O) groups is 1. The van der Waals surface area contributed by atoms with Crippen LogP contribution in [0.1, 0.15) is 77.9 Å². The zero-order valence-corrected chi connectivity index (χ0v) is 20.1. The maximum Gasteiger partial charge on any atom is 0.416 e. The lowest BCUT2D eigenvalue weighted by molar-refractivity contribution is -0.143. The second kappa shape index (κ2) is 10.4. The molecule has 1 N–H and O–H groups in total. The van der Waals surface area contributed by atoms with Crippen LogP contribution in [-0.4, -0.2) is 46.0 Å². The van der Waals surface area contributed by atoms with Crippen LogP contribution in [0.25, 0.3) is 0 Å². The molecule has 198 valence electrons. The van der Waals surface area contributed by atoms with Crippen LogP contribution in [0.3, 0.4) is 0 Å². The number of nitrogens with zero attached hydrogens (tertiary/aromatic N) is 3. The van der Waals surface area contributed by atoms with Crippen molar-refractivity contribution in [3.63, 3.8) is 0 Å². The molecule has 1 saturated heterocycles. The van der Waals surface area contributed by atoms with E-state index in [0.29, 0.717) is 31.3 Å². The lowest BCUT2D eigenvalue weighted by atomic mass is 9.89. The molecule has 2 unspecified atom stereocenters. The van der Waals surface area contributed by atoms with Crippen LogP contribution in [0.2, 0.25) is 0 Å². The lowest BCUT2D eigenvalue weighted by Gasteiger charge is -2.33. The number of hydrogen-bond acceptors (Lipinski definition) is 3. The molecule has 2 atom stereocenters. The molecule has 2 aromatic rings. The standard InChI is InChI=1S/C25H30F6N4O/c1-16-5-2-3-9-34(16)10-4-8-32-23(36)21-15-35-14-17(6-7-22(35)33-21)18-11-19(24(26,27)28)13-20(12-18)25(29,30)31/h11-13,15-17H,2-10,14H2,1H3,(H,32,36). The number of fused-ring (bicyclic) bond motifs is 1. The quantitative estimate of drug-likeness (QED) is 0.399. The van der Waals surface area contributed by atoms with Crippen LogP contribution in [0.15, 0.2) is 24.4 Å². The van der Waals surface area contributed by atoms with Gasteiger partial charge in [-0.1, -0.05) is 6.42 Å². The molecule has 0 spiro atoms. The molecule has 3 heterocycles. The van der Waals surface area contributed by atoms with Gasteiger partial charge in [0.15, 0.2) is 0 Å². The summed E-state index contributed by atoms with van der Waals surface area (Å²) in [5, 5.41) is 2.86. The zero-order valence-electron chi connectivity index (χ0n) is 20.1. The van der Waals surface area contributed by atoms with Crippen molar-refractivity contribution in [2.45, 2.75) is 76.3 Å². The Hall–Kier alpha value is -2.56. The van der Waals surface area contributed by atoms with E-state index >= 15 is 0 Å². The van der Waals surface area contributed by atoms with Crippen molar-refractivity contribution in [3.05, 3.63) is 52.6 Å². The monoisotopic (exact) mass is 516 g/mol. The number of nitrogens with one attached hydrogen (secondary N) is 1. The van der Waals surface area contributed by atoms with Crippen molar-refractivity contribution < 1.29 is 31.1 Å². The number of imidazole rings is 1. The molecule has 2 aliphatic heterocycles. The number of benzene rings is 1. The van der Waals surface area contributed by atoms with Crippen LogP contribution in [0, 0.1) is 0 Å². The van der Waals surface area contributed by atoms with E-state index in [2.05, 4.69) is 22.1 Å². The zero-order chi connectivity index (χ0) is 26.1. The van der Waals surface area contributed by atoms with Gasteiger partial charge >= 0.3 is 12.4 Å². The van der Waals surface area contributed by atoms with Crippen LogP contribution in [0.5, 0.6) is 0 Å².